The van der Waals surface area contributed by atoms with Crippen LogP contribution in [0.1, 0.15) is 101 Å². The molecular weight excluding hydrogens is 494 g/mol. The topological polar surface area (TPSA) is 41.9 Å². The molecule has 0 aliphatic carbocycles. The highest BCUT2D eigenvalue weighted by molar-refractivity contribution is 5.50. The van der Waals surface area contributed by atoms with Gasteiger partial charge in [-0.05, 0) is 82.5 Å². The summed E-state index contributed by atoms with van der Waals surface area (Å²) in [6.45, 7) is 17.6. The Labute approximate surface area is 241 Å². The normalized spacial score (nSPS) is 21.4. The van der Waals surface area contributed by atoms with E-state index in [1.165, 1.54) is 22.3 Å². The van der Waals surface area contributed by atoms with Gasteiger partial charge in [-0.1, -0.05) is 90.1 Å². The molecule has 2 aliphatic rings. The van der Waals surface area contributed by atoms with E-state index >= 15 is 0 Å². The summed E-state index contributed by atoms with van der Waals surface area (Å²) >= 11 is 0. The van der Waals surface area contributed by atoms with Crippen LogP contribution in [0.2, 0.25) is 0 Å². The molecular formula is C36H47NO3. The summed E-state index contributed by atoms with van der Waals surface area (Å²) in [5, 5.41) is 10.6. The molecule has 0 aromatic heterocycles. The lowest BCUT2D eigenvalue weighted by Crippen LogP contribution is -2.48. The van der Waals surface area contributed by atoms with Crippen LogP contribution in [0.5, 0.6) is 11.5 Å². The molecule has 40 heavy (non-hydrogen) atoms. The third-order valence-electron chi connectivity index (χ3n) is 8.71. The minimum Gasteiger partial charge on any atom is -0.485 e. The first kappa shape index (κ1) is 28.7. The number of nitrogens with zero attached hydrogens (tertiary/aromatic N) is 1. The summed E-state index contributed by atoms with van der Waals surface area (Å²) < 4.78 is 13.0. The van der Waals surface area contributed by atoms with Crippen LogP contribution < -0.4 is 9.47 Å². The molecule has 1 N–H and O–H groups in total. The largest absolute Gasteiger partial charge is 0.485 e. The van der Waals surface area contributed by atoms with Gasteiger partial charge in [0.05, 0.1) is 6.10 Å². The first-order valence-corrected chi connectivity index (χ1v) is 14.9. The second kappa shape index (κ2) is 11.2. The molecule has 0 saturated carbocycles. The van der Waals surface area contributed by atoms with Crippen molar-refractivity contribution in [3.63, 3.8) is 0 Å². The Morgan fingerprint density at radius 1 is 0.750 bits per heavy atom. The Balaban J connectivity index is 1.41. The summed E-state index contributed by atoms with van der Waals surface area (Å²) in [4.78, 5) is 2.56. The summed E-state index contributed by atoms with van der Waals surface area (Å²) in [5.41, 5.74) is 7.75. The number of hydrogen-bond donors (Lipinski definition) is 1. The number of ether oxygens (including phenoxy) is 2. The predicted octanol–water partition coefficient (Wildman–Crippen LogP) is 7.88. The fourth-order valence-electron chi connectivity index (χ4n) is 6.15. The van der Waals surface area contributed by atoms with Crippen LogP contribution in [0.25, 0.3) is 0 Å². The number of hydrogen-bond acceptors (Lipinski definition) is 4. The Bertz CT molecular complexity index is 1300. The number of piperidine rings is 1. The molecule has 0 amide bonds. The van der Waals surface area contributed by atoms with Gasteiger partial charge in [0, 0.05) is 18.6 Å². The van der Waals surface area contributed by atoms with Crippen molar-refractivity contribution in [1.29, 1.82) is 0 Å². The fraction of sp³-hybridized carbons (Fsp3) is 0.500. The minimum absolute atomic E-state index is 0.123. The maximum Gasteiger partial charge on any atom is 0.162 e. The molecule has 3 aromatic rings. The third-order valence-corrected chi connectivity index (χ3v) is 8.71. The van der Waals surface area contributed by atoms with Crippen LogP contribution in [-0.4, -0.2) is 28.7 Å². The molecule has 3 aromatic carbocycles. The zero-order valence-electron chi connectivity index (χ0n) is 25.5. The van der Waals surface area contributed by atoms with Gasteiger partial charge in [0.15, 0.2) is 11.5 Å². The van der Waals surface area contributed by atoms with E-state index in [-0.39, 0.29) is 23.0 Å². The molecule has 0 radical (unpaired) electrons. The lowest BCUT2D eigenvalue weighted by molar-refractivity contribution is 0.000925. The van der Waals surface area contributed by atoms with Crippen molar-refractivity contribution < 1.29 is 14.6 Å². The first-order chi connectivity index (χ1) is 18.9. The van der Waals surface area contributed by atoms with E-state index in [0.29, 0.717) is 19.3 Å². The van der Waals surface area contributed by atoms with Crippen molar-refractivity contribution in [2.24, 2.45) is 0 Å². The van der Waals surface area contributed by atoms with E-state index in [0.717, 1.165) is 48.4 Å². The smallest absolute Gasteiger partial charge is 0.162 e. The van der Waals surface area contributed by atoms with Crippen molar-refractivity contribution in [2.75, 3.05) is 6.54 Å². The molecule has 4 nitrogen and oxygen atoms in total. The molecule has 4 heteroatoms. The van der Waals surface area contributed by atoms with Crippen LogP contribution >= 0.6 is 0 Å². The van der Waals surface area contributed by atoms with E-state index in [9.17, 15) is 5.11 Å². The van der Waals surface area contributed by atoms with Gasteiger partial charge >= 0.3 is 0 Å². The number of rotatable bonds is 6. The molecule has 3 atom stereocenters. The molecule has 1 saturated heterocycles. The van der Waals surface area contributed by atoms with Crippen LogP contribution in [0.4, 0.5) is 0 Å². The lowest BCUT2D eigenvalue weighted by Gasteiger charge is -2.46. The Morgan fingerprint density at radius 3 is 1.75 bits per heavy atom. The summed E-state index contributed by atoms with van der Waals surface area (Å²) in [6.07, 6.45) is 2.33. The van der Waals surface area contributed by atoms with E-state index in [1.807, 2.05) is 0 Å². The third kappa shape index (κ3) is 6.39. The average molecular weight is 542 g/mol. The molecule has 0 bridgehead atoms. The maximum absolute atomic E-state index is 10.6. The Kier molecular flexibility index (Phi) is 8.05. The van der Waals surface area contributed by atoms with Crippen LogP contribution in [0.3, 0.4) is 0 Å². The van der Waals surface area contributed by atoms with Gasteiger partial charge in [-0.15, -0.1) is 0 Å². The molecule has 1 fully saturated rings. The van der Waals surface area contributed by atoms with Gasteiger partial charge in [-0.25, -0.2) is 0 Å². The molecule has 2 aliphatic heterocycles. The molecule has 0 unspecified atom stereocenters. The monoisotopic (exact) mass is 541 g/mol. The quantitative estimate of drug-likeness (QED) is 0.345. The van der Waals surface area contributed by atoms with Gasteiger partial charge in [-0.3, -0.25) is 4.90 Å². The number of fused-ring (bicyclic) bond motifs is 3. The Hall–Kier alpha value is -2.82. The lowest BCUT2D eigenvalue weighted by atomic mass is 9.83. The van der Waals surface area contributed by atoms with Crippen LogP contribution in [0, 0.1) is 0 Å². The van der Waals surface area contributed by atoms with Gasteiger partial charge in [-0.2, -0.15) is 0 Å². The van der Waals surface area contributed by atoms with Crippen molar-refractivity contribution in [1.82, 2.24) is 4.90 Å². The number of aliphatic hydroxyl groups is 1. The van der Waals surface area contributed by atoms with Crippen molar-refractivity contribution >= 4 is 0 Å². The predicted molar refractivity (Wildman–Crippen MR) is 163 cm³/mol. The van der Waals surface area contributed by atoms with Crippen molar-refractivity contribution in [2.45, 2.75) is 110 Å². The summed E-state index contributed by atoms with van der Waals surface area (Å²) in [6, 6.07) is 22.4. The zero-order valence-corrected chi connectivity index (χ0v) is 25.5. The summed E-state index contributed by atoms with van der Waals surface area (Å²) in [5.74, 6) is 1.57. The highest BCUT2D eigenvalue weighted by Crippen LogP contribution is 2.44. The first-order valence-electron chi connectivity index (χ1n) is 14.9. The van der Waals surface area contributed by atoms with E-state index in [2.05, 4.69) is 114 Å². The molecule has 2 heterocycles. The molecule has 0 spiro atoms. The maximum atomic E-state index is 10.6. The molecule has 214 valence electrons. The van der Waals surface area contributed by atoms with Crippen molar-refractivity contribution in [3.05, 3.63) is 94.0 Å². The summed E-state index contributed by atoms with van der Waals surface area (Å²) in [7, 11) is 0. The van der Waals surface area contributed by atoms with Gasteiger partial charge in [0.25, 0.3) is 0 Å². The highest BCUT2D eigenvalue weighted by atomic mass is 16.5. The average Bonchev–Trinajstić information content (AvgIpc) is 2.90. The van der Waals surface area contributed by atoms with Crippen LogP contribution in [0.15, 0.2) is 60.7 Å². The van der Waals surface area contributed by atoms with E-state index in [4.69, 9.17) is 9.47 Å². The van der Waals surface area contributed by atoms with E-state index in [1.54, 1.807) is 0 Å². The van der Waals surface area contributed by atoms with Gasteiger partial charge < -0.3 is 14.6 Å². The second-order valence-electron chi connectivity index (χ2n) is 13.9. The highest BCUT2D eigenvalue weighted by Gasteiger charge is 2.37. The fourth-order valence-corrected chi connectivity index (χ4v) is 6.15. The minimum atomic E-state index is -0.264. The molecule has 5 rings (SSSR count). The standard InChI is InChI=1S/C36H47NO3/c1-24-18-30(38)20-32-31-21-34(40-23-26-10-14-29(15-11-26)36(5,6)7)33(19-27(31)16-17-37(24)32)39-22-25-8-12-28(13-9-25)35(2,3)4/h8-15,19,21,24,30,32,38H,16-18,20,22-23H2,1-7H3/t24-,30-,32+/m1/s1. The van der Waals surface area contributed by atoms with E-state index < -0.39 is 0 Å². The Morgan fingerprint density at radius 2 is 1.25 bits per heavy atom. The van der Waals surface area contributed by atoms with Gasteiger partial charge in [0.1, 0.15) is 13.2 Å². The SMILES string of the molecule is C[C@@H]1C[C@@H](O)C[C@H]2c3cc(OCc4ccc(C(C)(C)C)cc4)c(OCc4ccc(C(C)(C)C)cc4)cc3CCN12. The van der Waals surface area contributed by atoms with Crippen molar-refractivity contribution in [3.8, 4) is 11.5 Å². The van der Waals surface area contributed by atoms with Gasteiger partial charge in [0.2, 0.25) is 0 Å². The van der Waals surface area contributed by atoms with Crippen LogP contribution in [-0.2, 0) is 30.5 Å². The zero-order chi connectivity index (χ0) is 28.7. The number of aliphatic hydroxyl groups excluding tert-OH is 1. The second-order valence-corrected chi connectivity index (χ2v) is 13.9. The number of benzene rings is 3.